The van der Waals surface area contributed by atoms with E-state index in [2.05, 4.69) is 5.48 Å². The number of hydrogen-bond donors (Lipinski definition) is 1. The van der Waals surface area contributed by atoms with Crippen molar-refractivity contribution in [3.63, 3.8) is 0 Å². The molecule has 1 N–H and O–H groups in total. The predicted octanol–water partition coefficient (Wildman–Crippen LogP) is 3.36. The number of hydroxylamine groups is 1. The maximum absolute atomic E-state index is 11.8. The largest absolute Gasteiger partial charge is 0.493 e. The molecule has 2 rings (SSSR count). The highest BCUT2D eigenvalue weighted by Crippen LogP contribution is 2.28. The topological polar surface area (TPSA) is 56.8 Å². The Balaban J connectivity index is 1.81. The average Bonchev–Trinajstić information content (AvgIpc) is 2.61. The first-order valence-electron chi connectivity index (χ1n) is 7.61. The van der Waals surface area contributed by atoms with Gasteiger partial charge in [0.2, 0.25) is 0 Å². The van der Waals surface area contributed by atoms with E-state index in [4.69, 9.17) is 14.3 Å². The number of nitrogens with one attached hydrogen (secondary N) is 1. The minimum Gasteiger partial charge on any atom is -0.493 e. The molecule has 0 saturated carbocycles. The number of allylic oxidation sites excluding steroid dienone is 1. The number of amides is 1. The molecule has 5 heteroatoms. The van der Waals surface area contributed by atoms with Crippen LogP contribution < -0.4 is 15.0 Å². The molecule has 0 aliphatic rings. The van der Waals surface area contributed by atoms with Gasteiger partial charge in [-0.2, -0.15) is 0 Å². The molecular formula is C19H21NO4. The molecule has 0 aliphatic carbocycles. The number of ether oxygens (including phenoxy) is 2. The van der Waals surface area contributed by atoms with Gasteiger partial charge in [-0.05, 0) is 30.2 Å². The summed E-state index contributed by atoms with van der Waals surface area (Å²) in [5.74, 6) is 0.707. The number of rotatable bonds is 8. The zero-order valence-corrected chi connectivity index (χ0v) is 13.8. The second-order valence-electron chi connectivity index (χ2n) is 5.00. The lowest BCUT2D eigenvalue weighted by Crippen LogP contribution is -2.29. The number of hydrogen-bond acceptors (Lipinski definition) is 4. The van der Waals surface area contributed by atoms with Crippen molar-refractivity contribution in [2.24, 2.45) is 0 Å². The van der Waals surface area contributed by atoms with E-state index in [1.807, 2.05) is 61.5 Å². The van der Waals surface area contributed by atoms with Gasteiger partial charge >= 0.3 is 0 Å². The molecule has 0 bridgehead atoms. The van der Waals surface area contributed by atoms with Crippen LogP contribution in [0, 0.1) is 0 Å². The van der Waals surface area contributed by atoms with Gasteiger partial charge in [-0.15, -0.1) is 0 Å². The molecule has 5 nitrogen and oxygen atoms in total. The van der Waals surface area contributed by atoms with Gasteiger partial charge in [0, 0.05) is 0 Å². The molecule has 0 fully saturated rings. The van der Waals surface area contributed by atoms with Crippen LogP contribution in [0.15, 0.2) is 54.6 Å². The van der Waals surface area contributed by atoms with Crippen molar-refractivity contribution in [1.82, 2.24) is 5.48 Å². The molecule has 2 aromatic rings. The first-order valence-corrected chi connectivity index (χ1v) is 7.61. The van der Waals surface area contributed by atoms with Crippen molar-refractivity contribution < 1.29 is 19.1 Å². The third-order valence-electron chi connectivity index (χ3n) is 3.17. The van der Waals surface area contributed by atoms with E-state index < -0.39 is 0 Å². The van der Waals surface area contributed by atoms with Gasteiger partial charge in [0.25, 0.3) is 5.91 Å². The highest BCUT2D eigenvalue weighted by Gasteiger charge is 2.08. The Morgan fingerprint density at radius 2 is 1.92 bits per heavy atom. The molecule has 126 valence electrons. The lowest BCUT2D eigenvalue weighted by atomic mass is 10.2. The third kappa shape index (κ3) is 5.44. The van der Waals surface area contributed by atoms with Gasteiger partial charge in [-0.1, -0.05) is 48.6 Å². The van der Waals surface area contributed by atoms with Crippen LogP contribution >= 0.6 is 0 Å². The summed E-state index contributed by atoms with van der Waals surface area (Å²) < 4.78 is 10.8. The number of carbonyl (C=O) groups excluding carboxylic acids is 1. The average molecular weight is 327 g/mol. The Kier molecular flexibility index (Phi) is 6.86. The van der Waals surface area contributed by atoms with Crippen LogP contribution in [0.2, 0.25) is 0 Å². The highest BCUT2D eigenvalue weighted by molar-refractivity contribution is 5.76. The summed E-state index contributed by atoms with van der Waals surface area (Å²) in [6.07, 6.45) is 3.89. The molecule has 2 aromatic carbocycles. The zero-order chi connectivity index (χ0) is 17.2. The van der Waals surface area contributed by atoms with Crippen molar-refractivity contribution in [3.05, 3.63) is 65.7 Å². The van der Waals surface area contributed by atoms with Crippen LogP contribution in [0.5, 0.6) is 11.5 Å². The van der Waals surface area contributed by atoms with Crippen molar-refractivity contribution in [2.75, 3.05) is 13.7 Å². The first kappa shape index (κ1) is 17.6. The number of methoxy groups -OCH3 is 1. The monoisotopic (exact) mass is 327 g/mol. The van der Waals surface area contributed by atoms with Gasteiger partial charge in [0.05, 0.1) is 13.7 Å². The van der Waals surface area contributed by atoms with Gasteiger partial charge in [0.1, 0.15) is 0 Å². The molecule has 0 saturated heterocycles. The second-order valence-corrected chi connectivity index (χ2v) is 5.00. The summed E-state index contributed by atoms with van der Waals surface area (Å²) in [5.41, 5.74) is 4.32. The van der Waals surface area contributed by atoms with Crippen molar-refractivity contribution in [3.8, 4) is 11.5 Å². The first-order chi connectivity index (χ1) is 11.7. The quantitative estimate of drug-likeness (QED) is 0.756. The molecule has 0 atom stereocenters. The van der Waals surface area contributed by atoms with Crippen molar-refractivity contribution >= 4 is 12.0 Å². The van der Waals surface area contributed by atoms with Crippen LogP contribution in [0.1, 0.15) is 18.1 Å². The fourth-order valence-electron chi connectivity index (χ4n) is 2.05. The van der Waals surface area contributed by atoms with E-state index in [1.54, 1.807) is 13.2 Å². The molecule has 0 aliphatic heterocycles. The number of carbonyl (C=O) groups is 1. The summed E-state index contributed by atoms with van der Waals surface area (Å²) in [4.78, 5) is 16.9. The van der Waals surface area contributed by atoms with Gasteiger partial charge in [0.15, 0.2) is 18.1 Å². The summed E-state index contributed by atoms with van der Waals surface area (Å²) in [6, 6.07) is 15.1. The predicted molar refractivity (Wildman–Crippen MR) is 92.6 cm³/mol. The zero-order valence-electron chi connectivity index (χ0n) is 13.8. The lowest BCUT2D eigenvalue weighted by Gasteiger charge is -2.11. The van der Waals surface area contributed by atoms with E-state index >= 15 is 0 Å². The van der Waals surface area contributed by atoms with E-state index in [9.17, 15) is 4.79 Å². The Hall–Kier alpha value is -2.79. The van der Waals surface area contributed by atoms with Crippen LogP contribution in [0.25, 0.3) is 6.08 Å². The van der Waals surface area contributed by atoms with E-state index in [-0.39, 0.29) is 12.5 Å². The lowest BCUT2D eigenvalue weighted by molar-refractivity contribution is -0.136. The minimum atomic E-state index is -0.370. The van der Waals surface area contributed by atoms with Gasteiger partial charge < -0.3 is 9.47 Å². The Morgan fingerprint density at radius 1 is 1.12 bits per heavy atom. The Labute approximate surface area is 141 Å². The number of benzene rings is 2. The summed E-state index contributed by atoms with van der Waals surface area (Å²) in [7, 11) is 1.56. The molecular weight excluding hydrogens is 306 g/mol. The smallest absolute Gasteiger partial charge is 0.281 e. The summed E-state index contributed by atoms with van der Waals surface area (Å²) in [5, 5.41) is 0. The third-order valence-corrected chi connectivity index (χ3v) is 3.17. The Morgan fingerprint density at radius 3 is 2.62 bits per heavy atom. The fraction of sp³-hybridized carbons (Fsp3) is 0.211. The van der Waals surface area contributed by atoms with Crippen LogP contribution in [0.4, 0.5) is 0 Å². The summed E-state index contributed by atoms with van der Waals surface area (Å²) >= 11 is 0. The molecule has 0 radical (unpaired) electrons. The molecule has 0 spiro atoms. The fourth-order valence-corrected chi connectivity index (χ4v) is 2.05. The Bertz CT molecular complexity index is 683. The van der Waals surface area contributed by atoms with E-state index in [0.717, 1.165) is 11.1 Å². The van der Waals surface area contributed by atoms with Crippen LogP contribution in [0.3, 0.4) is 0 Å². The van der Waals surface area contributed by atoms with Crippen LogP contribution in [-0.4, -0.2) is 19.6 Å². The second kappa shape index (κ2) is 9.37. The maximum atomic E-state index is 11.8. The standard InChI is InChI=1S/C19H21NO4/c1-3-7-15-10-11-17(18(12-15)22-2)23-14-19(21)20-24-13-16-8-5-4-6-9-16/h3-12H,13-14H2,1-2H3,(H,20,21)/b7-3+. The van der Waals surface area contributed by atoms with Crippen molar-refractivity contribution in [1.29, 1.82) is 0 Å². The molecule has 0 aromatic heterocycles. The molecule has 0 heterocycles. The maximum Gasteiger partial charge on any atom is 0.281 e. The molecule has 0 unspecified atom stereocenters. The minimum absolute atomic E-state index is 0.159. The van der Waals surface area contributed by atoms with Gasteiger partial charge in [-0.25, -0.2) is 5.48 Å². The molecule has 1 amide bonds. The normalized spacial score (nSPS) is 10.6. The van der Waals surface area contributed by atoms with Crippen molar-refractivity contribution in [2.45, 2.75) is 13.5 Å². The summed E-state index contributed by atoms with van der Waals surface area (Å²) in [6.45, 7) is 2.08. The highest BCUT2D eigenvalue weighted by atomic mass is 16.7. The van der Waals surface area contributed by atoms with Gasteiger partial charge in [-0.3, -0.25) is 9.63 Å². The SMILES string of the molecule is C/C=C/c1ccc(OCC(=O)NOCc2ccccc2)c(OC)c1. The van der Waals surface area contributed by atoms with E-state index in [0.29, 0.717) is 18.1 Å². The van der Waals surface area contributed by atoms with Crippen LogP contribution in [-0.2, 0) is 16.2 Å². The molecule has 24 heavy (non-hydrogen) atoms. The van der Waals surface area contributed by atoms with E-state index in [1.165, 1.54) is 0 Å².